The molecule has 0 fully saturated rings. The van der Waals surface area contributed by atoms with Gasteiger partial charge in [-0.3, -0.25) is 0 Å². The average molecular weight is 299 g/mol. The normalized spacial score (nSPS) is 10.4. The lowest BCUT2D eigenvalue weighted by molar-refractivity contribution is 0.414. The zero-order chi connectivity index (χ0) is 11.4. The smallest absolute Gasteiger partial charge is 0.209 e. The Hall–Kier alpha value is -0.940. The molecule has 0 amide bonds. The van der Waals surface area contributed by atoms with Crippen molar-refractivity contribution in [2.75, 3.05) is 7.11 Å². The Morgan fingerprint density at radius 1 is 1.25 bits per heavy atom. The summed E-state index contributed by atoms with van der Waals surface area (Å²) in [4.78, 5) is 4.26. The lowest BCUT2D eigenvalue weighted by Crippen LogP contribution is -1.91. The molecule has 1 aromatic carbocycles. The Bertz CT molecular complexity index is 455. The standard InChI is InChI=1S/C11H11BrN2OS/c1-15-9-5-2-8(3-6-9)4-7-10-13-11(12)14-16-10/h2-3,5-6H,4,7H2,1H3. The minimum absolute atomic E-state index is 0.683. The van der Waals surface area contributed by atoms with Crippen molar-refractivity contribution >= 4 is 27.5 Å². The number of halogens is 1. The lowest BCUT2D eigenvalue weighted by Gasteiger charge is -2.01. The van der Waals surface area contributed by atoms with E-state index in [0.717, 1.165) is 23.6 Å². The van der Waals surface area contributed by atoms with E-state index in [1.54, 1.807) is 7.11 Å². The van der Waals surface area contributed by atoms with E-state index in [-0.39, 0.29) is 0 Å². The predicted octanol–water partition coefficient (Wildman–Crippen LogP) is 3.09. The molecule has 5 heteroatoms. The highest BCUT2D eigenvalue weighted by atomic mass is 79.9. The third-order valence-electron chi connectivity index (χ3n) is 2.23. The van der Waals surface area contributed by atoms with Crippen molar-refractivity contribution in [1.29, 1.82) is 0 Å². The molecule has 0 aliphatic carbocycles. The first kappa shape index (κ1) is 11.5. The second-order valence-electron chi connectivity index (χ2n) is 3.31. The number of aryl methyl sites for hydroxylation is 2. The maximum absolute atomic E-state index is 5.11. The van der Waals surface area contributed by atoms with Crippen molar-refractivity contribution < 1.29 is 4.74 Å². The van der Waals surface area contributed by atoms with Gasteiger partial charge in [0.25, 0.3) is 0 Å². The molecule has 0 spiro atoms. The largest absolute Gasteiger partial charge is 0.497 e. The predicted molar refractivity (Wildman–Crippen MR) is 68.0 cm³/mol. The van der Waals surface area contributed by atoms with Crippen molar-refractivity contribution in [3.05, 3.63) is 39.6 Å². The van der Waals surface area contributed by atoms with E-state index in [1.165, 1.54) is 17.1 Å². The summed E-state index contributed by atoms with van der Waals surface area (Å²) in [7, 11) is 1.67. The third-order valence-corrected chi connectivity index (χ3v) is 3.59. The molecule has 3 nitrogen and oxygen atoms in total. The fourth-order valence-corrected chi connectivity index (χ4v) is 2.47. The molecule has 1 aromatic heterocycles. The summed E-state index contributed by atoms with van der Waals surface area (Å²) in [6, 6.07) is 8.11. The monoisotopic (exact) mass is 298 g/mol. The highest BCUT2D eigenvalue weighted by Crippen LogP contribution is 2.15. The molecule has 0 radical (unpaired) electrons. The van der Waals surface area contributed by atoms with Crippen LogP contribution in [-0.4, -0.2) is 16.5 Å². The Labute approximate surface area is 107 Å². The second-order valence-corrected chi connectivity index (χ2v) is 4.85. The number of aromatic nitrogens is 2. The van der Waals surface area contributed by atoms with Crippen LogP contribution in [0.3, 0.4) is 0 Å². The van der Waals surface area contributed by atoms with Gasteiger partial charge in [-0.05, 0) is 51.6 Å². The van der Waals surface area contributed by atoms with Gasteiger partial charge in [0.15, 0.2) is 0 Å². The van der Waals surface area contributed by atoms with E-state index in [2.05, 4.69) is 37.4 Å². The first-order valence-electron chi connectivity index (χ1n) is 4.89. The summed E-state index contributed by atoms with van der Waals surface area (Å²) in [6.45, 7) is 0. The Kier molecular flexibility index (Phi) is 3.90. The number of methoxy groups -OCH3 is 1. The Morgan fingerprint density at radius 3 is 2.56 bits per heavy atom. The quantitative estimate of drug-likeness (QED) is 0.870. The number of nitrogens with zero attached hydrogens (tertiary/aromatic N) is 2. The van der Waals surface area contributed by atoms with Gasteiger partial charge in [-0.2, -0.15) is 4.37 Å². The van der Waals surface area contributed by atoms with Gasteiger partial charge in [-0.15, -0.1) is 0 Å². The van der Waals surface area contributed by atoms with Crippen LogP contribution in [0, 0.1) is 0 Å². The summed E-state index contributed by atoms with van der Waals surface area (Å²) in [5.74, 6) is 0.891. The topological polar surface area (TPSA) is 35.0 Å². The number of ether oxygens (including phenoxy) is 1. The number of benzene rings is 1. The van der Waals surface area contributed by atoms with Gasteiger partial charge in [-0.1, -0.05) is 12.1 Å². The molecule has 2 aromatic rings. The molecule has 0 bridgehead atoms. The van der Waals surface area contributed by atoms with Crippen LogP contribution in [0.5, 0.6) is 5.75 Å². The van der Waals surface area contributed by atoms with Crippen LogP contribution in [0.2, 0.25) is 0 Å². The van der Waals surface area contributed by atoms with E-state index in [4.69, 9.17) is 4.74 Å². The molecule has 0 aliphatic heterocycles. The molecule has 0 saturated carbocycles. The first-order chi connectivity index (χ1) is 7.78. The summed E-state index contributed by atoms with van der Waals surface area (Å²) in [6.07, 6.45) is 1.90. The van der Waals surface area contributed by atoms with Gasteiger partial charge in [0.2, 0.25) is 4.73 Å². The van der Waals surface area contributed by atoms with E-state index in [1.807, 2.05) is 12.1 Å². The summed E-state index contributed by atoms with van der Waals surface area (Å²) in [5.41, 5.74) is 1.28. The zero-order valence-electron chi connectivity index (χ0n) is 8.81. The van der Waals surface area contributed by atoms with Crippen molar-refractivity contribution in [3.63, 3.8) is 0 Å². The second kappa shape index (κ2) is 5.41. The molecule has 1 heterocycles. The molecule has 2 rings (SSSR count). The van der Waals surface area contributed by atoms with Crippen molar-refractivity contribution in [2.45, 2.75) is 12.8 Å². The fraction of sp³-hybridized carbons (Fsp3) is 0.273. The fourth-order valence-electron chi connectivity index (χ4n) is 1.38. The molecule has 84 valence electrons. The van der Waals surface area contributed by atoms with Gasteiger partial charge in [0.1, 0.15) is 10.8 Å². The summed E-state index contributed by atoms with van der Waals surface area (Å²) < 4.78 is 9.87. The van der Waals surface area contributed by atoms with Crippen LogP contribution in [0.4, 0.5) is 0 Å². The van der Waals surface area contributed by atoms with Crippen LogP contribution in [0.25, 0.3) is 0 Å². The molecule has 0 saturated heterocycles. The molecular formula is C11H11BrN2OS. The van der Waals surface area contributed by atoms with Gasteiger partial charge < -0.3 is 4.74 Å². The maximum Gasteiger partial charge on any atom is 0.209 e. The molecule has 16 heavy (non-hydrogen) atoms. The van der Waals surface area contributed by atoms with E-state index in [9.17, 15) is 0 Å². The minimum atomic E-state index is 0.683. The van der Waals surface area contributed by atoms with Gasteiger partial charge in [-0.25, -0.2) is 4.98 Å². The maximum atomic E-state index is 5.11. The van der Waals surface area contributed by atoms with E-state index in [0.29, 0.717) is 4.73 Å². The van der Waals surface area contributed by atoms with Crippen LogP contribution in [0.15, 0.2) is 29.0 Å². The minimum Gasteiger partial charge on any atom is -0.497 e. The highest BCUT2D eigenvalue weighted by molar-refractivity contribution is 9.10. The Balaban J connectivity index is 1.94. The van der Waals surface area contributed by atoms with Gasteiger partial charge in [0, 0.05) is 6.42 Å². The summed E-state index contributed by atoms with van der Waals surface area (Å²) in [5, 5.41) is 1.06. The first-order valence-corrected chi connectivity index (χ1v) is 6.45. The van der Waals surface area contributed by atoms with Gasteiger partial charge in [0.05, 0.1) is 7.11 Å². The molecular weight excluding hydrogens is 288 g/mol. The molecule has 0 N–H and O–H groups in total. The molecule has 0 atom stereocenters. The zero-order valence-corrected chi connectivity index (χ0v) is 11.2. The number of rotatable bonds is 4. The summed E-state index contributed by atoms with van der Waals surface area (Å²) >= 11 is 4.69. The highest BCUT2D eigenvalue weighted by Gasteiger charge is 2.02. The van der Waals surface area contributed by atoms with E-state index >= 15 is 0 Å². The van der Waals surface area contributed by atoms with Crippen LogP contribution in [-0.2, 0) is 12.8 Å². The third kappa shape index (κ3) is 3.02. The number of hydrogen-bond donors (Lipinski definition) is 0. The van der Waals surface area contributed by atoms with Crippen LogP contribution < -0.4 is 4.74 Å². The molecule has 0 unspecified atom stereocenters. The Morgan fingerprint density at radius 2 is 2.00 bits per heavy atom. The van der Waals surface area contributed by atoms with Crippen LogP contribution >= 0.6 is 27.5 Å². The average Bonchev–Trinajstić information content (AvgIpc) is 2.73. The number of hydrogen-bond acceptors (Lipinski definition) is 4. The van der Waals surface area contributed by atoms with Crippen molar-refractivity contribution in [3.8, 4) is 5.75 Å². The van der Waals surface area contributed by atoms with Gasteiger partial charge >= 0.3 is 0 Å². The van der Waals surface area contributed by atoms with Crippen molar-refractivity contribution in [1.82, 2.24) is 9.36 Å². The van der Waals surface area contributed by atoms with Crippen LogP contribution in [0.1, 0.15) is 10.6 Å². The lowest BCUT2D eigenvalue weighted by atomic mass is 10.1. The van der Waals surface area contributed by atoms with E-state index < -0.39 is 0 Å². The SMILES string of the molecule is COc1ccc(CCc2nc(Br)ns2)cc1. The molecule has 0 aliphatic rings. The van der Waals surface area contributed by atoms with Crippen molar-refractivity contribution in [2.24, 2.45) is 0 Å².